The molecule has 4 amide bonds. The number of hydrogen-bond donors (Lipinski definition) is 1. The van der Waals surface area contributed by atoms with E-state index in [4.69, 9.17) is 21.4 Å². The van der Waals surface area contributed by atoms with Gasteiger partial charge in [-0.1, -0.05) is 29.3 Å². The number of aromatic nitrogens is 2. The first-order valence-corrected chi connectivity index (χ1v) is 19.6. The van der Waals surface area contributed by atoms with E-state index in [0.717, 1.165) is 20.5 Å². The Labute approximate surface area is 331 Å². The molecule has 1 saturated carbocycles. The zero-order chi connectivity index (χ0) is 39.5. The Balaban J connectivity index is 1.16. The van der Waals surface area contributed by atoms with Gasteiger partial charge in [0.25, 0.3) is 0 Å². The highest BCUT2D eigenvalue weighted by atomic mass is 35.5. The molecule has 1 N–H and O–H groups in total. The third kappa shape index (κ3) is 4.94. The lowest BCUT2D eigenvalue weighted by Gasteiger charge is -2.49. The van der Waals surface area contributed by atoms with Gasteiger partial charge >= 0.3 is 0 Å². The fourth-order valence-electron chi connectivity index (χ4n) is 9.86. The lowest BCUT2D eigenvalue weighted by molar-refractivity contribution is -0.131. The van der Waals surface area contributed by atoms with Crippen molar-refractivity contribution >= 4 is 73.9 Å². The number of thiophene rings is 1. The van der Waals surface area contributed by atoms with Gasteiger partial charge in [-0.25, -0.2) is 4.90 Å². The van der Waals surface area contributed by atoms with Crippen LogP contribution in [0.25, 0.3) is 20.7 Å². The lowest BCUT2D eigenvalue weighted by Crippen LogP contribution is -2.49. The van der Waals surface area contributed by atoms with Crippen LogP contribution < -0.4 is 14.5 Å². The van der Waals surface area contributed by atoms with Gasteiger partial charge < -0.3 is 9.84 Å². The molecule has 0 spiro atoms. The highest BCUT2D eigenvalue weighted by Gasteiger charge is 2.68. The van der Waals surface area contributed by atoms with Gasteiger partial charge in [0.05, 0.1) is 40.8 Å². The first kappa shape index (κ1) is 36.1. The van der Waals surface area contributed by atoms with Crippen LogP contribution in [0.5, 0.6) is 11.5 Å². The van der Waals surface area contributed by atoms with E-state index in [0.29, 0.717) is 44.7 Å². The average molecular weight is 789 g/mol. The molecule has 2 saturated heterocycles. The Morgan fingerprint density at radius 3 is 2.45 bits per heavy atom. The van der Waals surface area contributed by atoms with Crippen LogP contribution in [0.4, 0.5) is 11.5 Å². The van der Waals surface area contributed by atoms with Crippen LogP contribution in [0.15, 0.2) is 78.4 Å². The maximum Gasteiger partial charge on any atom is 0.242 e. The van der Waals surface area contributed by atoms with Gasteiger partial charge in [0.2, 0.25) is 23.6 Å². The van der Waals surface area contributed by atoms with Crippen LogP contribution in [0.1, 0.15) is 54.1 Å². The molecule has 4 heterocycles. The van der Waals surface area contributed by atoms with E-state index >= 15 is 4.79 Å². The number of nitrogens with zero attached hydrogens (tertiary/aromatic N) is 4. The Hall–Kier alpha value is -5.59. The molecule has 2 aliphatic carbocycles. The molecule has 6 atom stereocenters. The summed E-state index contributed by atoms with van der Waals surface area (Å²) in [6, 6.07) is 18.7. The third-order valence-corrected chi connectivity index (χ3v) is 14.1. The standard InChI is InChI=1S/C43H37ClN4O7S/c1-20-27-17-23(44)11-16-33(27)56-38(20)30-19-34(46(4)45-30)48-40(52)29-18-28-25(37(43(29,3)42(48)54)36-31(50)7-6-8-32(36)55-5)14-15-26-35(28)41(53)47(39(26)51)24-12-9-22(10-13-24)21(2)49/h6-14,16-17,19,26,28-29,35,37,50H,15,18H2,1-5H3. The summed E-state index contributed by atoms with van der Waals surface area (Å²) in [6.45, 7) is 5.20. The molecule has 2 aliphatic heterocycles. The van der Waals surface area contributed by atoms with Crippen molar-refractivity contribution in [1.82, 2.24) is 9.78 Å². The fraction of sp³-hybridized carbons (Fsp3) is 0.302. The second-order valence-corrected chi connectivity index (χ2v) is 16.9. The van der Waals surface area contributed by atoms with Crippen molar-refractivity contribution in [1.29, 1.82) is 0 Å². The molecule has 2 aromatic heterocycles. The second-order valence-electron chi connectivity index (χ2n) is 15.4. The Bertz CT molecular complexity index is 2610. The fourth-order valence-corrected chi connectivity index (χ4v) is 11.2. The van der Waals surface area contributed by atoms with E-state index in [1.54, 1.807) is 67.8 Å². The average Bonchev–Trinajstić information content (AvgIpc) is 3.85. The zero-order valence-electron chi connectivity index (χ0n) is 31.2. The SMILES string of the molecule is COc1cccc(O)c1C1C2=CCC3C(=O)N(c4ccc(C(C)=O)cc4)C(=O)C3C2CC2C(=O)N(c3cc(-c4sc5ccc(Cl)cc5c4C)nn3C)C(=O)C21C. The van der Waals surface area contributed by atoms with Crippen LogP contribution in [0.3, 0.4) is 0 Å². The number of phenols is 1. The highest BCUT2D eigenvalue weighted by molar-refractivity contribution is 7.22. The summed E-state index contributed by atoms with van der Waals surface area (Å²) in [7, 11) is 3.17. The van der Waals surface area contributed by atoms with E-state index in [-0.39, 0.29) is 30.3 Å². The normalized spacial score (nSPS) is 25.8. The number of carbonyl (C=O) groups excluding carboxylic acids is 5. The minimum Gasteiger partial charge on any atom is -0.508 e. The molecule has 0 radical (unpaired) electrons. The number of Topliss-reactive ketones (excluding diaryl/α,β-unsaturated/α-hetero) is 1. The largest absolute Gasteiger partial charge is 0.508 e. The number of amides is 4. The maximum atomic E-state index is 15.2. The maximum absolute atomic E-state index is 15.2. The predicted octanol–water partition coefficient (Wildman–Crippen LogP) is 7.62. The number of aromatic hydroxyl groups is 1. The van der Waals surface area contributed by atoms with E-state index < -0.39 is 52.7 Å². The van der Waals surface area contributed by atoms with Crippen LogP contribution in [0, 0.1) is 36.0 Å². The van der Waals surface area contributed by atoms with Gasteiger partial charge in [0.1, 0.15) is 23.0 Å². The number of benzene rings is 3. The van der Waals surface area contributed by atoms with Gasteiger partial charge in [-0.3, -0.25) is 33.6 Å². The Morgan fingerprint density at radius 2 is 1.73 bits per heavy atom. The molecule has 56 heavy (non-hydrogen) atoms. The summed E-state index contributed by atoms with van der Waals surface area (Å²) in [5.41, 5.74) is 2.05. The summed E-state index contributed by atoms with van der Waals surface area (Å²) in [5, 5.41) is 18.0. The third-order valence-electron chi connectivity index (χ3n) is 12.6. The van der Waals surface area contributed by atoms with Crippen molar-refractivity contribution in [2.75, 3.05) is 16.9 Å². The van der Waals surface area contributed by atoms with E-state index in [1.165, 1.54) is 34.6 Å². The molecule has 0 bridgehead atoms. The number of carbonyl (C=O) groups is 5. The van der Waals surface area contributed by atoms with Crippen LogP contribution in [0.2, 0.25) is 5.02 Å². The van der Waals surface area contributed by atoms with E-state index in [9.17, 15) is 24.3 Å². The summed E-state index contributed by atoms with van der Waals surface area (Å²) in [4.78, 5) is 74.0. The van der Waals surface area contributed by atoms with Crippen molar-refractivity contribution in [2.24, 2.45) is 36.1 Å². The smallest absolute Gasteiger partial charge is 0.242 e. The summed E-state index contributed by atoms with van der Waals surface area (Å²) < 4.78 is 8.36. The number of ketones is 1. The number of hydrogen-bond acceptors (Lipinski definition) is 9. The summed E-state index contributed by atoms with van der Waals surface area (Å²) in [6.07, 6.45) is 2.29. The van der Waals surface area contributed by atoms with Crippen LogP contribution in [-0.4, -0.2) is 51.4 Å². The number of allylic oxidation sites excluding steroid dienone is 2. The molecule has 13 heteroatoms. The number of imide groups is 2. The van der Waals surface area contributed by atoms with Gasteiger partial charge in [0.15, 0.2) is 5.78 Å². The van der Waals surface area contributed by atoms with Gasteiger partial charge in [-0.15, -0.1) is 11.3 Å². The first-order valence-electron chi connectivity index (χ1n) is 18.4. The van der Waals surface area contributed by atoms with E-state index in [2.05, 4.69) is 0 Å². The predicted molar refractivity (Wildman–Crippen MR) is 212 cm³/mol. The summed E-state index contributed by atoms with van der Waals surface area (Å²) >= 11 is 7.87. The zero-order valence-corrected chi connectivity index (χ0v) is 32.8. The quantitative estimate of drug-likeness (QED) is 0.105. The summed E-state index contributed by atoms with van der Waals surface area (Å²) in [5.74, 6) is -5.19. The topological polar surface area (TPSA) is 139 Å². The van der Waals surface area contributed by atoms with Gasteiger partial charge in [-0.05, 0) is 105 Å². The minimum atomic E-state index is -1.42. The number of ether oxygens (including phenoxy) is 1. The number of methoxy groups -OCH3 is 1. The van der Waals surface area contributed by atoms with Crippen molar-refractivity contribution in [3.63, 3.8) is 0 Å². The number of phenolic OH excluding ortho intramolecular Hbond substituents is 1. The Kier molecular flexibility index (Phi) is 8.19. The monoisotopic (exact) mass is 788 g/mol. The second kappa shape index (κ2) is 12.7. The van der Waals surface area contributed by atoms with Crippen molar-refractivity contribution in [3.8, 4) is 22.1 Å². The lowest BCUT2D eigenvalue weighted by atomic mass is 9.51. The molecule has 3 aromatic carbocycles. The molecule has 9 rings (SSSR count). The van der Waals surface area contributed by atoms with Crippen molar-refractivity contribution in [2.45, 2.75) is 39.5 Å². The van der Waals surface area contributed by atoms with E-state index in [1.807, 2.05) is 31.2 Å². The Morgan fingerprint density at radius 1 is 0.982 bits per heavy atom. The van der Waals surface area contributed by atoms with Gasteiger partial charge in [0, 0.05) is 39.9 Å². The molecule has 3 fully saturated rings. The van der Waals surface area contributed by atoms with Crippen LogP contribution >= 0.6 is 22.9 Å². The highest BCUT2D eigenvalue weighted by Crippen LogP contribution is 2.65. The van der Waals surface area contributed by atoms with Crippen molar-refractivity contribution in [3.05, 3.63) is 100 Å². The molecule has 284 valence electrons. The molecule has 11 nitrogen and oxygen atoms in total. The first-order chi connectivity index (χ1) is 26.8. The molecule has 5 aromatic rings. The number of fused-ring (bicyclic) bond motifs is 5. The van der Waals surface area contributed by atoms with Crippen LogP contribution in [-0.2, 0) is 26.2 Å². The van der Waals surface area contributed by atoms with Crippen molar-refractivity contribution < 1.29 is 33.8 Å². The minimum absolute atomic E-state index is 0.110. The number of halogens is 1. The number of rotatable bonds is 6. The van der Waals surface area contributed by atoms with Gasteiger partial charge in [-0.2, -0.15) is 5.10 Å². The molecule has 4 aliphatic rings. The molecular formula is C43H37ClN4O7S. The number of anilines is 2. The molecular weight excluding hydrogens is 752 g/mol. The molecule has 6 unspecified atom stereocenters. The number of aryl methyl sites for hydroxylation is 2.